The predicted octanol–water partition coefficient (Wildman–Crippen LogP) is 3.63. The summed E-state index contributed by atoms with van der Waals surface area (Å²) in [4.78, 5) is 0. The van der Waals surface area contributed by atoms with E-state index >= 15 is 0 Å². The molecule has 0 heterocycles. The van der Waals surface area contributed by atoms with Gasteiger partial charge in [0.05, 0.1) is 11.6 Å². The summed E-state index contributed by atoms with van der Waals surface area (Å²) in [6.45, 7) is 7.57. The first-order chi connectivity index (χ1) is 8.44. The van der Waals surface area contributed by atoms with Gasteiger partial charge in [0.2, 0.25) is 0 Å². The Bertz CT molecular complexity index is 429. The van der Waals surface area contributed by atoms with Gasteiger partial charge in [-0.2, -0.15) is 0 Å². The summed E-state index contributed by atoms with van der Waals surface area (Å²) in [7, 11) is 0. The number of terminal acetylenes is 1. The van der Waals surface area contributed by atoms with Gasteiger partial charge in [-0.1, -0.05) is 23.7 Å². The van der Waals surface area contributed by atoms with Crippen LogP contribution in [0.1, 0.15) is 32.8 Å². The lowest BCUT2D eigenvalue weighted by Gasteiger charge is -2.22. The average Bonchev–Trinajstić information content (AvgIpc) is 2.28. The highest BCUT2D eigenvalue weighted by Gasteiger charge is 2.12. The molecule has 0 saturated heterocycles. The molecule has 0 aliphatic carbocycles. The van der Waals surface area contributed by atoms with Gasteiger partial charge < -0.3 is 10.1 Å². The van der Waals surface area contributed by atoms with Gasteiger partial charge >= 0.3 is 0 Å². The molecule has 2 nitrogen and oxygen atoms in total. The maximum absolute atomic E-state index is 6.15. The van der Waals surface area contributed by atoms with E-state index < -0.39 is 0 Å². The van der Waals surface area contributed by atoms with Crippen LogP contribution in [-0.2, 0) is 6.54 Å². The maximum atomic E-state index is 6.15. The Kier molecular flexibility index (Phi) is 5.53. The molecular weight excluding hydrogens is 246 g/mol. The molecule has 1 rings (SSSR count). The van der Waals surface area contributed by atoms with Crippen molar-refractivity contribution in [1.29, 1.82) is 0 Å². The molecule has 0 aromatic heterocycles. The van der Waals surface area contributed by atoms with Gasteiger partial charge in [0.1, 0.15) is 5.75 Å². The van der Waals surface area contributed by atoms with Crippen molar-refractivity contribution in [2.75, 3.05) is 6.61 Å². The highest BCUT2D eigenvalue weighted by molar-refractivity contribution is 6.32. The van der Waals surface area contributed by atoms with Crippen LogP contribution in [0.2, 0.25) is 5.02 Å². The van der Waals surface area contributed by atoms with Crippen LogP contribution in [0.5, 0.6) is 5.75 Å². The summed E-state index contributed by atoms with van der Waals surface area (Å²) in [6.07, 6.45) is 5.79. The topological polar surface area (TPSA) is 21.3 Å². The van der Waals surface area contributed by atoms with Crippen molar-refractivity contribution in [2.24, 2.45) is 0 Å². The lowest BCUT2D eigenvalue weighted by atomic mass is 10.1. The lowest BCUT2D eigenvalue weighted by Crippen LogP contribution is -2.35. The zero-order valence-corrected chi connectivity index (χ0v) is 12.0. The van der Waals surface area contributed by atoms with Crippen molar-refractivity contribution in [3.63, 3.8) is 0 Å². The summed E-state index contributed by atoms with van der Waals surface area (Å²) in [5.74, 6) is 3.28. The molecule has 0 saturated carbocycles. The SMILES string of the molecule is C#CCCOc1c(Cl)cccc1CNC(C)(C)C. The maximum Gasteiger partial charge on any atom is 0.142 e. The van der Waals surface area contributed by atoms with Crippen LogP contribution in [0.3, 0.4) is 0 Å². The summed E-state index contributed by atoms with van der Waals surface area (Å²) in [6, 6.07) is 5.76. The smallest absolute Gasteiger partial charge is 0.142 e. The predicted molar refractivity (Wildman–Crippen MR) is 77.0 cm³/mol. The van der Waals surface area contributed by atoms with E-state index in [1.54, 1.807) is 0 Å². The third kappa shape index (κ3) is 5.00. The molecular formula is C15H20ClNO. The van der Waals surface area contributed by atoms with Gasteiger partial charge in [0.25, 0.3) is 0 Å². The molecule has 1 N–H and O–H groups in total. The summed E-state index contributed by atoms with van der Waals surface area (Å²) >= 11 is 6.15. The second kappa shape index (κ2) is 6.68. The van der Waals surface area contributed by atoms with Crippen LogP contribution >= 0.6 is 11.6 Å². The quantitative estimate of drug-likeness (QED) is 0.648. The molecule has 0 amide bonds. The minimum atomic E-state index is 0.0540. The van der Waals surface area contributed by atoms with E-state index in [9.17, 15) is 0 Å². The first-order valence-electron chi connectivity index (χ1n) is 6.03. The fourth-order valence-electron chi connectivity index (χ4n) is 1.43. The molecule has 0 unspecified atom stereocenters. The van der Waals surface area contributed by atoms with Crippen molar-refractivity contribution in [3.05, 3.63) is 28.8 Å². The van der Waals surface area contributed by atoms with E-state index in [1.807, 2.05) is 18.2 Å². The first-order valence-corrected chi connectivity index (χ1v) is 6.40. The highest BCUT2D eigenvalue weighted by atomic mass is 35.5. The Hall–Kier alpha value is -1.17. The van der Waals surface area contributed by atoms with Crippen LogP contribution in [-0.4, -0.2) is 12.1 Å². The van der Waals surface area contributed by atoms with Crippen molar-refractivity contribution in [2.45, 2.75) is 39.3 Å². The van der Waals surface area contributed by atoms with Crippen molar-refractivity contribution >= 4 is 11.6 Å². The monoisotopic (exact) mass is 265 g/mol. The number of nitrogens with one attached hydrogen (secondary N) is 1. The second-order valence-electron chi connectivity index (χ2n) is 5.13. The number of rotatable bonds is 5. The van der Waals surface area contributed by atoms with E-state index in [4.69, 9.17) is 22.8 Å². The molecule has 0 aliphatic rings. The van der Waals surface area contributed by atoms with Crippen molar-refractivity contribution < 1.29 is 4.74 Å². The van der Waals surface area contributed by atoms with Crippen LogP contribution in [0, 0.1) is 12.3 Å². The Morgan fingerprint density at radius 3 is 2.72 bits per heavy atom. The summed E-state index contributed by atoms with van der Waals surface area (Å²) < 4.78 is 5.66. The fourth-order valence-corrected chi connectivity index (χ4v) is 1.68. The third-order valence-corrected chi connectivity index (χ3v) is 2.65. The molecule has 0 fully saturated rings. The van der Waals surface area contributed by atoms with Gasteiger partial charge in [-0.25, -0.2) is 0 Å². The summed E-state index contributed by atoms with van der Waals surface area (Å²) in [5.41, 5.74) is 1.10. The number of hydrogen-bond donors (Lipinski definition) is 1. The number of halogens is 1. The Morgan fingerprint density at radius 1 is 1.39 bits per heavy atom. The van der Waals surface area contributed by atoms with Gasteiger partial charge in [0.15, 0.2) is 0 Å². The molecule has 0 aliphatic heterocycles. The standard InChI is InChI=1S/C15H20ClNO/c1-5-6-10-18-14-12(8-7-9-13(14)16)11-17-15(2,3)4/h1,7-9,17H,6,10-11H2,2-4H3. The van der Waals surface area contributed by atoms with Crippen molar-refractivity contribution in [3.8, 4) is 18.1 Å². The zero-order valence-electron chi connectivity index (χ0n) is 11.2. The van der Waals surface area contributed by atoms with Gasteiger partial charge in [0, 0.05) is 24.1 Å². The zero-order chi connectivity index (χ0) is 13.6. The lowest BCUT2D eigenvalue weighted by molar-refractivity contribution is 0.320. The van der Waals surface area contributed by atoms with E-state index in [1.165, 1.54) is 0 Å². The van der Waals surface area contributed by atoms with Crippen LogP contribution < -0.4 is 10.1 Å². The number of hydrogen-bond acceptors (Lipinski definition) is 2. The van der Waals surface area contributed by atoms with Gasteiger partial charge in [-0.15, -0.1) is 12.3 Å². The fraction of sp³-hybridized carbons (Fsp3) is 0.467. The summed E-state index contributed by atoms with van der Waals surface area (Å²) in [5, 5.41) is 4.04. The molecule has 18 heavy (non-hydrogen) atoms. The average molecular weight is 266 g/mol. The normalized spacial score (nSPS) is 11.1. The van der Waals surface area contributed by atoms with Crippen molar-refractivity contribution in [1.82, 2.24) is 5.32 Å². The van der Waals surface area contributed by atoms with E-state index in [0.717, 1.165) is 17.9 Å². The number of ether oxygens (including phenoxy) is 1. The van der Waals surface area contributed by atoms with Gasteiger partial charge in [-0.3, -0.25) is 0 Å². The molecule has 0 atom stereocenters. The molecule has 3 heteroatoms. The Labute approximate surface area is 115 Å². The first kappa shape index (κ1) is 14.9. The van der Waals surface area contributed by atoms with Crippen LogP contribution in [0.25, 0.3) is 0 Å². The second-order valence-corrected chi connectivity index (χ2v) is 5.54. The van der Waals surface area contributed by atoms with Crippen LogP contribution in [0.15, 0.2) is 18.2 Å². The molecule has 0 radical (unpaired) electrons. The minimum absolute atomic E-state index is 0.0540. The van der Waals surface area contributed by atoms with Crippen LogP contribution in [0.4, 0.5) is 0 Å². The number of para-hydroxylation sites is 1. The third-order valence-electron chi connectivity index (χ3n) is 2.35. The van der Waals surface area contributed by atoms with Gasteiger partial charge in [-0.05, 0) is 26.8 Å². The highest BCUT2D eigenvalue weighted by Crippen LogP contribution is 2.29. The van der Waals surface area contributed by atoms with E-state index in [2.05, 4.69) is 32.0 Å². The molecule has 98 valence electrons. The molecule has 1 aromatic rings. The molecule has 0 spiro atoms. The minimum Gasteiger partial charge on any atom is -0.491 e. The van der Waals surface area contributed by atoms with E-state index in [0.29, 0.717) is 18.1 Å². The number of benzene rings is 1. The largest absolute Gasteiger partial charge is 0.491 e. The molecule has 1 aromatic carbocycles. The Balaban J connectivity index is 2.77. The molecule has 0 bridgehead atoms. The van der Waals surface area contributed by atoms with E-state index in [-0.39, 0.29) is 5.54 Å². The Morgan fingerprint density at radius 2 is 2.11 bits per heavy atom.